The first-order valence-electron chi connectivity index (χ1n) is 10.5. The fourth-order valence-corrected chi connectivity index (χ4v) is 3.70. The van der Waals surface area contributed by atoms with Gasteiger partial charge in [0.1, 0.15) is 11.5 Å². The lowest BCUT2D eigenvalue weighted by molar-refractivity contribution is -0.149. The minimum atomic E-state index is -0.949. The molecule has 1 heterocycles. The van der Waals surface area contributed by atoms with Crippen LogP contribution in [0.5, 0.6) is 5.75 Å². The minimum absolute atomic E-state index is 0.312. The topological polar surface area (TPSA) is 81.8 Å². The van der Waals surface area contributed by atoms with Crippen molar-refractivity contribution in [1.29, 1.82) is 0 Å². The summed E-state index contributed by atoms with van der Waals surface area (Å²) in [5, 5.41) is 11.4. The van der Waals surface area contributed by atoms with Crippen LogP contribution in [0.25, 0.3) is 10.8 Å². The summed E-state index contributed by atoms with van der Waals surface area (Å²) in [6, 6.07) is 11.7. The third-order valence-corrected chi connectivity index (χ3v) is 5.46. The number of hydrogen-bond acceptors (Lipinski definition) is 5. The predicted molar refractivity (Wildman–Crippen MR) is 113 cm³/mol. The smallest absolute Gasteiger partial charge is 0.333 e. The highest BCUT2D eigenvalue weighted by Crippen LogP contribution is 2.40. The molecule has 1 unspecified atom stereocenters. The van der Waals surface area contributed by atoms with Crippen LogP contribution in [0.4, 0.5) is 0 Å². The van der Waals surface area contributed by atoms with Gasteiger partial charge >= 0.3 is 5.97 Å². The second-order valence-corrected chi connectivity index (χ2v) is 7.68. The number of carboxylic acids is 1. The number of nitrogens with zero attached hydrogens (tertiary/aromatic N) is 1. The number of carboxylic acid groups (broad SMARTS) is 1. The first-order chi connectivity index (χ1) is 14.6. The quantitative estimate of drug-likeness (QED) is 0.524. The minimum Gasteiger partial charge on any atom is -0.493 e. The van der Waals surface area contributed by atoms with E-state index in [1.54, 1.807) is 6.92 Å². The Morgan fingerprint density at radius 3 is 2.70 bits per heavy atom. The Morgan fingerprint density at radius 1 is 1.23 bits per heavy atom. The molecule has 0 spiro atoms. The first-order valence-corrected chi connectivity index (χ1v) is 10.5. The van der Waals surface area contributed by atoms with Gasteiger partial charge in [-0.05, 0) is 43.7 Å². The summed E-state index contributed by atoms with van der Waals surface area (Å²) in [6.45, 7) is 4.61. The van der Waals surface area contributed by atoms with Gasteiger partial charge in [0, 0.05) is 30.8 Å². The van der Waals surface area contributed by atoms with Crippen LogP contribution in [-0.4, -0.2) is 35.4 Å². The SMILES string of the molecule is CCOC(Cc1ccc(OCCc2nc(C3CC3)oc2C)c2ccccc12)C(=O)O. The lowest BCUT2D eigenvalue weighted by Crippen LogP contribution is -2.26. The molecule has 1 aliphatic rings. The predicted octanol–water partition coefficient (Wildman–Crippen LogP) is 4.67. The van der Waals surface area contributed by atoms with Gasteiger partial charge in [-0.15, -0.1) is 0 Å². The number of aryl methyl sites for hydroxylation is 1. The molecule has 6 nitrogen and oxygen atoms in total. The van der Waals surface area contributed by atoms with E-state index in [1.165, 1.54) is 12.8 Å². The van der Waals surface area contributed by atoms with Crippen molar-refractivity contribution >= 4 is 16.7 Å². The number of aliphatic carboxylic acids is 1. The van der Waals surface area contributed by atoms with E-state index >= 15 is 0 Å². The molecule has 158 valence electrons. The summed E-state index contributed by atoms with van der Waals surface area (Å²) in [5.74, 6) is 2.06. The van der Waals surface area contributed by atoms with Crippen LogP contribution in [0.2, 0.25) is 0 Å². The van der Waals surface area contributed by atoms with E-state index in [0.29, 0.717) is 32.0 Å². The molecule has 6 heteroatoms. The van der Waals surface area contributed by atoms with Crippen LogP contribution < -0.4 is 4.74 Å². The van der Waals surface area contributed by atoms with E-state index in [9.17, 15) is 9.90 Å². The average Bonchev–Trinajstić information content (AvgIpc) is 3.52. The highest BCUT2D eigenvalue weighted by molar-refractivity contribution is 5.91. The van der Waals surface area contributed by atoms with E-state index < -0.39 is 12.1 Å². The molecule has 0 amide bonds. The number of benzene rings is 2. The Morgan fingerprint density at radius 2 is 2.00 bits per heavy atom. The molecule has 4 rings (SSSR count). The largest absolute Gasteiger partial charge is 0.493 e. The van der Waals surface area contributed by atoms with Gasteiger partial charge in [0.25, 0.3) is 0 Å². The number of carbonyl (C=O) groups is 1. The summed E-state index contributed by atoms with van der Waals surface area (Å²) in [7, 11) is 0. The molecule has 0 aliphatic heterocycles. The number of fused-ring (bicyclic) bond motifs is 1. The molecule has 0 bridgehead atoms. The first kappa shape index (κ1) is 20.4. The molecule has 1 aromatic heterocycles. The highest BCUT2D eigenvalue weighted by Gasteiger charge is 2.29. The third kappa shape index (κ3) is 4.49. The number of ether oxygens (including phenoxy) is 2. The van der Waals surface area contributed by atoms with Crippen LogP contribution in [0.1, 0.15) is 48.6 Å². The second kappa shape index (κ2) is 8.88. The lowest BCUT2D eigenvalue weighted by Gasteiger charge is -2.16. The summed E-state index contributed by atoms with van der Waals surface area (Å²) < 4.78 is 17.3. The number of oxazole rings is 1. The third-order valence-electron chi connectivity index (χ3n) is 5.46. The van der Waals surface area contributed by atoms with Gasteiger partial charge in [-0.3, -0.25) is 0 Å². The summed E-state index contributed by atoms with van der Waals surface area (Å²) in [4.78, 5) is 16.1. The zero-order valence-electron chi connectivity index (χ0n) is 17.4. The van der Waals surface area contributed by atoms with E-state index in [4.69, 9.17) is 13.9 Å². The molecule has 1 saturated carbocycles. The maximum absolute atomic E-state index is 11.5. The zero-order valence-corrected chi connectivity index (χ0v) is 17.4. The number of rotatable bonds is 10. The normalized spacial score (nSPS) is 14.7. The van der Waals surface area contributed by atoms with Gasteiger partial charge in [0.15, 0.2) is 12.0 Å². The molecule has 1 aliphatic carbocycles. The molecule has 1 fully saturated rings. The van der Waals surface area contributed by atoms with Crippen LogP contribution in [-0.2, 0) is 22.4 Å². The molecule has 0 saturated heterocycles. The Labute approximate surface area is 175 Å². The Kier molecular flexibility index (Phi) is 6.04. The fraction of sp³-hybridized carbons (Fsp3) is 0.417. The Balaban J connectivity index is 1.49. The fourth-order valence-electron chi connectivity index (χ4n) is 3.70. The molecule has 2 aromatic carbocycles. The lowest BCUT2D eigenvalue weighted by atomic mass is 9.99. The van der Waals surface area contributed by atoms with Crippen LogP contribution >= 0.6 is 0 Å². The van der Waals surface area contributed by atoms with Crippen molar-refractivity contribution in [2.24, 2.45) is 0 Å². The van der Waals surface area contributed by atoms with Crippen molar-refractivity contribution in [3.8, 4) is 5.75 Å². The van der Waals surface area contributed by atoms with Crippen molar-refractivity contribution in [2.45, 2.75) is 51.6 Å². The van der Waals surface area contributed by atoms with Crippen LogP contribution in [0.3, 0.4) is 0 Å². The zero-order chi connectivity index (χ0) is 21.1. The van der Waals surface area contributed by atoms with E-state index in [1.807, 2.05) is 43.3 Å². The van der Waals surface area contributed by atoms with Crippen LogP contribution in [0.15, 0.2) is 40.8 Å². The molecule has 1 atom stereocenters. The van der Waals surface area contributed by atoms with Gasteiger partial charge in [-0.2, -0.15) is 0 Å². The van der Waals surface area contributed by atoms with Crippen molar-refractivity contribution in [3.05, 3.63) is 59.3 Å². The van der Waals surface area contributed by atoms with Crippen molar-refractivity contribution < 1.29 is 23.8 Å². The summed E-state index contributed by atoms with van der Waals surface area (Å²) in [6.07, 6.45) is 2.47. The maximum Gasteiger partial charge on any atom is 0.333 e. The standard InChI is InChI=1S/C24H27NO5/c1-3-28-22(24(26)27)14-17-10-11-21(19-7-5-4-6-18(17)19)29-13-12-20-15(2)30-23(25-20)16-8-9-16/h4-7,10-11,16,22H,3,8-9,12-14H2,1-2H3,(H,26,27). The highest BCUT2D eigenvalue weighted by atomic mass is 16.5. The molecular weight excluding hydrogens is 382 g/mol. The number of hydrogen-bond donors (Lipinski definition) is 1. The van der Waals surface area contributed by atoms with E-state index in [-0.39, 0.29) is 0 Å². The molecule has 0 radical (unpaired) electrons. The Bertz CT molecular complexity index is 1040. The number of aromatic nitrogens is 1. The van der Waals surface area contributed by atoms with Gasteiger partial charge in [-0.25, -0.2) is 9.78 Å². The van der Waals surface area contributed by atoms with E-state index in [0.717, 1.165) is 39.4 Å². The molecule has 3 aromatic rings. The summed E-state index contributed by atoms with van der Waals surface area (Å²) >= 11 is 0. The maximum atomic E-state index is 11.5. The molecular formula is C24H27NO5. The van der Waals surface area contributed by atoms with Crippen molar-refractivity contribution in [3.63, 3.8) is 0 Å². The molecule has 30 heavy (non-hydrogen) atoms. The van der Waals surface area contributed by atoms with Gasteiger partial charge in [0.05, 0.1) is 12.3 Å². The second-order valence-electron chi connectivity index (χ2n) is 7.68. The van der Waals surface area contributed by atoms with Gasteiger partial charge < -0.3 is 19.0 Å². The van der Waals surface area contributed by atoms with E-state index in [2.05, 4.69) is 4.98 Å². The Hall–Kier alpha value is -2.86. The van der Waals surface area contributed by atoms with Gasteiger partial charge in [-0.1, -0.05) is 30.3 Å². The van der Waals surface area contributed by atoms with Crippen molar-refractivity contribution in [2.75, 3.05) is 13.2 Å². The average molecular weight is 409 g/mol. The van der Waals surface area contributed by atoms with Crippen molar-refractivity contribution in [1.82, 2.24) is 4.98 Å². The van der Waals surface area contributed by atoms with Gasteiger partial charge in [0.2, 0.25) is 0 Å². The monoisotopic (exact) mass is 409 g/mol. The molecule has 1 N–H and O–H groups in total. The van der Waals surface area contributed by atoms with Crippen LogP contribution in [0, 0.1) is 6.92 Å². The summed E-state index contributed by atoms with van der Waals surface area (Å²) in [5.41, 5.74) is 1.89.